The number of amides is 1. The van der Waals surface area contributed by atoms with Crippen LogP contribution in [0.5, 0.6) is 5.75 Å². The van der Waals surface area contributed by atoms with Gasteiger partial charge in [-0.15, -0.1) is 0 Å². The summed E-state index contributed by atoms with van der Waals surface area (Å²) in [7, 11) is 1.67. The van der Waals surface area contributed by atoms with Gasteiger partial charge in [-0.1, -0.05) is 18.2 Å². The Kier molecular flexibility index (Phi) is 3.27. The molecule has 0 unspecified atom stereocenters. The van der Waals surface area contributed by atoms with Gasteiger partial charge in [0.25, 0.3) is 0 Å². The fourth-order valence-electron chi connectivity index (χ4n) is 4.69. The smallest absolute Gasteiger partial charge is 0.226 e. The summed E-state index contributed by atoms with van der Waals surface area (Å²) in [5.74, 6) is 1.01. The van der Waals surface area contributed by atoms with Crippen LogP contribution in [0.2, 0.25) is 0 Å². The molecule has 4 heterocycles. The Morgan fingerprint density at radius 3 is 3.12 bits per heavy atom. The summed E-state index contributed by atoms with van der Waals surface area (Å²) in [6.07, 6.45) is 1.44. The van der Waals surface area contributed by atoms with Crippen molar-refractivity contribution in [1.82, 2.24) is 14.8 Å². The molecule has 2 atom stereocenters. The molecule has 0 N–H and O–H groups in total. The highest BCUT2D eigenvalue weighted by atomic mass is 16.5. The van der Waals surface area contributed by atoms with Gasteiger partial charge in [0.1, 0.15) is 11.3 Å². The predicted molar refractivity (Wildman–Crippen MR) is 92.1 cm³/mol. The summed E-state index contributed by atoms with van der Waals surface area (Å²) in [5, 5.41) is 1.07. The largest absolute Gasteiger partial charge is 0.494 e. The molecule has 5 rings (SSSR count). The Hall–Kier alpha value is -2.18. The Labute approximate surface area is 146 Å². The number of para-hydroxylation sites is 1. The lowest BCUT2D eigenvalue weighted by Crippen LogP contribution is -2.47. The molecule has 0 aliphatic carbocycles. The number of carbonyl (C=O) groups is 1. The van der Waals surface area contributed by atoms with Gasteiger partial charge in [0.2, 0.25) is 5.91 Å². The molecule has 6 heteroatoms. The van der Waals surface area contributed by atoms with Gasteiger partial charge in [0.15, 0.2) is 5.72 Å². The highest BCUT2D eigenvalue weighted by molar-refractivity contribution is 5.84. The molecular weight excluding hydrogens is 318 g/mol. The molecule has 1 aromatic carbocycles. The van der Waals surface area contributed by atoms with Gasteiger partial charge in [-0.25, -0.2) is 4.98 Å². The van der Waals surface area contributed by atoms with Gasteiger partial charge in [0.05, 0.1) is 25.5 Å². The maximum absolute atomic E-state index is 12.3. The Bertz CT molecular complexity index is 855. The fourth-order valence-corrected chi connectivity index (χ4v) is 4.69. The van der Waals surface area contributed by atoms with Crippen molar-refractivity contribution in [2.75, 3.05) is 26.8 Å². The maximum Gasteiger partial charge on any atom is 0.226 e. The number of fused-ring (bicyclic) bond motifs is 1. The van der Waals surface area contributed by atoms with Crippen LogP contribution in [0.4, 0.5) is 0 Å². The van der Waals surface area contributed by atoms with Gasteiger partial charge >= 0.3 is 0 Å². The minimum absolute atomic E-state index is 0.137. The molecule has 2 aromatic rings. The second-order valence-corrected chi connectivity index (χ2v) is 7.01. The van der Waals surface area contributed by atoms with Crippen LogP contribution in [0.25, 0.3) is 10.9 Å². The van der Waals surface area contributed by atoms with Crippen LogP contribution >= 0.6 is 0 Å². The fraction of sp³-hybridized carbons (Fsp3) is 0.474. The number of hydrogen-bond acceptors (Lipinski definition) is 5. The van der Waals surface area contributed by atoms with E-state index in [0.717, 1.165) is 48.4 Å². The third kappa shape index (κ3) is 2.10. The second-order valence-electron chi connectivity index (χ2n) is 7.01. The first-order valence-corrected chi connectivity index (χ1v) is 8.82. The number of hydrogen-bond donors (Lipinski definition) is 0. The van der Waals surface area contributed by atoms with Crippen LogP contribution in [-0.2, 0) is 16.1 Å². The lowest BCUT2D eigenvalue weighted by Gasteiger charge is -2.31. The molecule has 1 spiro atoms. The molecule has 1 amide bonds. The maximum atomic E-state index is 12.3. The topological polar surface area (TPSA) is 54.9 Å². The average Bonchev–Trinajstić information content (AvgIpc) is 3.27. The molecule has 130 valence electrons. The van der Waals surface area contributed by atoms with Gasteiger partial charge in [0, 0.05) is 37.9 Å². The number of nitrogens with zero attached hydrogens (tertiary/aromatic N) is 3. The zero-order chi connectivity index (χ0) is 17.0. The van der Waals surface area contributed by atoms with E-state index in [9.17, 15) is 4.79 Å². The lowest BCUT2D eigenvalue weighted by molar-refractivity contribution is -0.136. The average molecular weight is 339 g/mol. The van der Waals surface area contributed by atoms with Gasteiger partial charge in [-0.2, -0.15) is 0 Å². The highest BCUT2D eigenvalue weighted by Crippen LogP contribution is 2.45. The van der Waals surface area contributed by atoms with E-state index in [1.54, 1.807) is 7.11 Å². The van der Waals surface area contributed by atoms with Crippen molar-refractivity contribution in [2.45, 2.75) is 31.2 Å². The van der Waals surface area contributed by atoms with Crippen LogP contribution in [0.3, 0.4) is 0 Å². The van der Waals surface area contributed by atoms with Crippen molar-refractivity contribution in [3.05, 3.63) is 36.0 Å². The van der Waals surface area contributed by atoms with Crippen LogP contribution in [0.1, 0.15) is 18.5 Å². The van der Waals surface area contributed by atoms with Crippen molar-refractivity contribution < 1.29 is 14.3 Å². The van der Waals surface area contributed by atoms with E-state index in [1.807, 2.05) is 23.1 Å². The molecule has 3 saturated heterocycles. The molecule has 0 bridgehead atoms. The lowest BCUT2D eigenvalue weighted by atomic mass is 10.1. The van der Waals surface area contributed by atoms with Crippen LogP contribution in [0, 0.1) is 0 Å². The van der Waals surface area contributed by atoms with Crippen molar-refractivity contribution in [2.24, 2.45) is 0 Å². The van der Waals surface area contributed by atoms with Crippen LogP contribution < -0.4 is 4.74 Å². The first-order valence-electron chi connectivity index (χ1n) is 8.82. The molecule has 3 aliphatic rings. The first kappa shape index (κ1) is 15.1. The van der Waals surface area contributed by atoms with Crippen molar-refractivity contribution in [3.8, 4) is 5.75 Å². The predicted octanol–water partition coefficient (Wildman–Crippen LogP) is 1.78. The third-order valence-corrected chi connectivity index (χ3v) is 5.84. The number of pyridine rings is 1. The highest BCUT2D eigenvalue weighted by Gasteiger charge is 2.61. The first-order chi connectivity index (χ1) is 12.2. The monoisotopic (exact) mass is 339 g/mol. The van der Waals surface area contributed by atoms with Gasteiger partial charge < -0.3 is 14.4 Å². The Morgan fingerprint density at radius 2 is 2.24 bits per heavy atom. The van der Waals surface area contributed by atoms with Crippen molar-refractivity contribution in [3.63, 3.8) is 0 Å². The van der Waals surface area contributed by atoms with E-state index >= 15 is 0 Å². The summed E-state index contributed by atoms with van der Waals surface area (Å²) in [5.41, 5.74) is 1.50. The quantitative estimate of drug-likeness (QED) is 0.853. The Morgan fingerprint density at radius 1 is 1.32 bits per heavy atom. The zero-order valence-corrected chi connectivity index (χ0v) is 14.3. The summed E-state index contributed by atoms with van der Waals surface area (Å²) < 4.78 is 11.5. The molecule has 3 aliphatic heterocycles. The molecular formula is C19H21N3O3. The van der Waals surface area contributed by atoms with Crippen molar-refractivity contribution >= 4 is 16.8 Å². The SMILES string of the molecule is COc1cccc2ccc(CN3CC[C@@]45OCCN4C(=O)C[C@@H]35)nc12. The number of benzene rings is 1. The Balaban J connectivity index is 1.45. The third-order valence-electron chi connectivity index (χ3n) is 5.84. The van der Waals surface area contributed by atoms with Crippen LogP contribution in [-0.4, -0.2) is 59.3 Å². The minimum atomic E-state index is -0.383. The van der Waals surface area contributed by atoms with E-state index < -0.39 is 0 Å². The second kappa shape index (κ2) is 5.41. The molecule has 6 nitrogen and oxygen atoms in total. The standard InChI is InChI=1S/C19H21N3O3/c1-24-15-4-2-3-13-5-6-14(20-18(13)15)12-21-8-7-19-16(21)11-17(23)22(19)9-10-25-19/h2-6,16H,7-12H2,1H3/t16-,19+/m1/s1. The number of ether oxygens (including phenoxy) is 2. The molecule has 1 aromatic heterocycles. The van der Waals surface area contributed by atoms with Crippen molar-refractivity contribution in [1.29, 1.82) is 0 Å². The molecule has 0 saturated carbocycles. The summed E-state index contributed by atoms with van der Waals surface area (Å²) in [4.78, 5) is 21.4. The molecule has 25 heavy (non-hydrogen) atoms. The van der Waals surface area contributed by atoms with Gasteiger partial charge in [-0.05, 0) is 12.1 Å². The minimum Gasteiger partial charge on any atom is -0.494 e. The number of carbonyl (C=O) groups excluding carboxylic acids is 1. The molecule has 3 fully saturated rings. The van der Waals surface area contributed by atoms with E-state index in [0.29, 0.717) is 13.0 Å². The number of likely N-dealkylation sites (tertiary alicyclic amines) is 1. The molecule has 0 radical (unpaired) electrons. The summed E-state index contributed by atoms with van der Waals surface area (Å²) in [6, 6.07) is 10.2. The number of aromatic nitrogens is 1. The normalized spacial score (nSPS) is 28.6. The van der Waals surface area contributed by atoms with E-state index in [-0.39, 0.29) is 17.7 Å². The summed E-state index contributed by atoms with van der Waals surface area (Å²) in [6.45, 7) is 3.04. The van der Waals surface area contributed by atoms with Crippen LogP contribution in [0.15, 0.2) is 30.3 Å². The zero-order valence-electron chi connectivity index (χ0n) is 14.3. The van der Waals surface area contributed by atoms with E-state index in [1.165, 1.54) is 0 Å². The summed E-state index contributed by atoms with van der Waals surface area (Å²) >= 11 is 0. The number of methoxy groups -OCH3 is 1. The number of rotatable bonds is 3. The van der Waals surface area contributed by atoms with Gasteiger partial charge in [-0.3, -0.25) is 9.69 Å². The van der Waals surface area contributed by atoms with E-state index in [4.69, 9.17) is 14.5 Å². The van der Waals surface area contributed by atoms with E-state index in [2.05, 4.69) is 17.0 Å².